The van der Waals surface area contributed by atoms with Crippen molar-refractivity contribution in [1.29, 1.82) is 0 Å². The summed E-state index contributed by atoms with van der Waals surface area (Å²) in [7, 11) is 0. The van der Waals surface area contributed by atoms with E-state index in [1.807, 2.05) is 6.92 Å². The molecule has 0 spiro atoms. The molecule has 0 bridgehead atoms. The number of carbonyl (C=O) groups excluding carboxylic acids is 2. The summed E-state index contributed by atoms with van der Waals surface area (Å²) in [5.74, 6) is -2.90. The van der Waals surface area contributed by atoms with Crippen molar-refractivity contribution in [2.75, 3.05) is 0 Å². The maximum Gasteiger partial charge on any atom is 3.00 e. The molecule has 0 fully saturated rings. The van der Waals surface area contributed by atoms with Gasteiger partial charge in [0.1, 0.15) is 11.4 Å². The molecule has 0 saturated carbocycles. The molecule has 0 saturated heterocycles. The fraction of sp³-hybridized carbons (Fsp3) is 0.150. The Balaban J connectivity index is 0.000000332. The minimum absolute atomic E-state index is 0. The normalized spacial score (nSPS) is 17.5. The van der Waals surface area contributed by atoms with Crippen LogP contribution in [-0.2, 0) is 30.4 Å². The van der Waals surface area contributed by atoms with Gasteiger partial charge in [-0.25, -0.2) is 4.39 Å². The Morgan fingerprint density at radius 2 is 1.71 bits per heavy atom. The topological polar surface area (TPSA) is 105 Å². The summed E-state index contributed by atoms with van der Waals surface area (Å²) in [4.78, 5) is 25.1. The van der Waals surface area contributed by atoms with Gasteiger partial charge < -0.3 is 25.1 Å². The van der Waals surface area contributed by atoms with E-state index in [4.69, 9.17) is 0 Å². The van der Waals surface area contributed by atoms with Crippen molar-refractivity contribution in [2.45, 2.75) is 19.4 Å². The summed E-state index contributed by atoms with van der Waals surface area (Å²) < 4.78 is 12.9. The number of pyridine rings is 1. The molecule has 1 aromatic heterocycles. The van der Waals surface area contributed by atoms with Crippen molar-refractivity contribution < 1.29 is 44.3 Å². The second kappa shape index (κ2) is 9.92. The van der Waals surface area contributed by atoms with Gasteiger partial charge in [0.15, 0.2) is 0 Å². The second-order valence-corrected chi connectivity index (χ2v) is 5.91. The molecule has 0 radical (unpaired) electrons. The third-order valence-electron chi connectivity index (χ3n) is 4.01. The number of nitrogens with zero attached hydrogens (tertiary/aromatic N) is 1. The molecule has 1 aliphatic rings. The third kappa shape index (κ3) is 5.12. The predicted molar refractivity (Wildman–Crippen MR) is 92.3 cm³/mol. The number of rotatable bonds is 3. The number of aromatic carboxylic acids is 1. The molecule has 2 aromatic rings. The number of hydrogen-bond acceptors (Lipinski definition) is 6. The molecule has 8 heteroatoms. The Bertz CT molecular complexity index is 898. The van der Waals surface area contributed by atoms with E-state index in [0.717, 1.165) is 5.57 Å². The van der Waals surface area contributed by atoms with Crippen molar-refractivity contribution in [3.05, 3.63) is 89.2 Å². The van der Waals surface area contributed by atoms with E-state index in [1.165, 1.54) is 36.5 Å². The molecule has 1 N–H and O–H groups in total. The maximum atomic E-state index is 12.9. The number of aromatic nitrogens is 1. The van der Waals surface area contributed by atoms with Crippen molar-refractivity contribution in [1.82, 2.24) is 10.3 Å². The van der Waals surface area contributed by atoms with Crippen LogP contribution in [0.15, 0.2) is 72.1 Å². The summed E-state index contributed by atoms with van der Waals surface area (Å²) in [5, 5.41) is 24.4. The van der Waals surface area contributed by atoms with E-state index < -0.39 is 23.3 Å². The predicted octanol–water partition coefficient (Wildman–Crippen LogP) is 0.667. The van der Waals surface area contributed by atoms with Gasteiger partial charge in [-0.3, -0.25) is 4.98 Å². The summed E-state index contributed by atoms with van der Waals surface area (Å²) in [6, 6.07) is 9.99. The second-order valence-electron chi connectivity index (χ2n) is 5.91. The molecule has 1 atom stereocenters. The Labute approximate surface area is 175 Å². The SMILES string of the molecule is CC1=CNC(C(=O)[O-])(c2ccc(F)cc2)C(C)=C1.O=C([O-])c1ccccn1.[Ir+3]. The number of carboxylic acids is 2. The molecular formula is C20H17FIrN2O4+. The van der Waals surface area contributed by atoms with Crippen LogP contribution in [-0.4, -0.2) is 16.9 Å². The Morgan fingerprint density at radius 1 is 1.07 bits per heavy atom. The van der Waals surface area contributed by atoms with E-state index in [1.54, 1.807) is 31.3 Å². The number of carbonyl (C=O) groups is 2. The van der Waals surface area contributed by atoms with Crippen molar-refractivity contribution >= 4 is 11.9 Å². The van der Waals surface area contributed by atoms with E-state index in [0.29, 0.717) is 11.1 Å². The van der Waals surface area contributed by atoms with Crippen LogP contribution in [0.1, 0.15) is 29.9 Å². The van der Waals surface area contributed by atoms with Crippen LogP contribution in [0.3, 0.4) is 0 Å². The van der Waals surface area contributed by atoms with E-state index in [2.05, 4.69) is 10.3 Å². The summed E-state index contributed by atoms with van der Waals surface area (Å²) in [6.45, 7) is 3.57. The van der Waals surface area contributed by atoms with Crippen LogP contribution >= 0.6 is 0 Å². The third-order valence-corrected chi connectivity index (χ3v) is 4.01. The summed E-state index contributed by atoms with van der Waals surface area (Å²) >= 11 is 0. The first-order valence-corrected chi connectivity index (χ1v) is 8.00. The number of nitrogens with one attached hydrogen (secondary N) is 1. The standard InChI is InChI=1S/C14H14FNO2.C6H5NO2.Ir/c1-9-7-10(2)14(13(17)18,16-8-9)11-3-5-12(15)6-4-11;8-6(9)5-3-1-2-4-7-5;/h3-8,16H,1-2H3,(H,17,18);1-4H,(H,8,9);/q;;+3/p-2. The number of hydrogen-bond donors (Lipinski definition) is 1. The first kappa shape index (κ1) is 23.2. The van der Waals surface area contributed by atoms with Crippen molar-refractivity contribution in [3.8, 4) is 0 Å². The monoisotopic (exact) mass is 561 g/mol. The van der Waals surface area contributed by atoms with Gasteiger partial charge in [0.25, 0.3) is 0 Å². The van der Waals surface area contributed by atoms with Gasteiger partial charge in [-0.15, -0.1) is 0 Å². The molecule has 2 heterocycles. The quantitative estimate of drug-likeness (QED) is 0.592. The van der Waals surface area contributed by atoms with Crippen molar-refractivity contribution in [2.24, 2.45) is 0 Å². The van der Waals surface area contributed by atoms with E-state index in [-0.39, 0.29) is 25.8 Å². The molecular weight excluding hydrogens is 543 g/mol. The minimum atomic E-state index is -1.42. The van der Waals surface area contributed by atoms with E-state index >= 15 is 0 Å². The molecule has 0 aliphatic carbocycles. The summed E-state index contributed by atoms with van der Waals surface area (Å²) in [5.41, 5.74) is 0.521. The van der Waals surface area contributed by atoms with Gasteiger partial charge in [-0.2, -0.15) is 0 Å². The Morgan fingerprint density at radius 3 is 2.14 bits per heavy atom. The fourth-order valence-corrected chi connectivity index (χ4v) is 2.66. The van der Waals surface area contributed by atoms with E-state index in [9.17, 15) is 24.2 Å². The Hall–Kier alpha value is -2.83. The molecule has 28 heavy (non-hydrogen) atoms. The first-order chi connectivity index (χ1) is 12.8. The van der Waals surface area contributed by atoms with Crippen LogP contribution in [0.5, 0.6) is 0 Å². The number of aliphatic carboxylic acids is 1. The molecule has 146 valence electrons. The van der Waals surface area contributed by atoms with Crippen LogP contribution in [0.25, 0.3) is 0 Å². The average molecular weight is 561 g/mol. The first-order valence-electron chi connectivity index (χ1n) is 8.00. The van der Waals surface area contributed by atoms with Crippen molar-refractivity contribution in [3.63, 3.8) is 0 Å². The molecule has 6 nitrogen and oxygen atoms in total. The van der Waals surface area contributed by atoms with Gasteiger partial charge in [-0.1, -0.05) is 24.3 Å². The zero-order valence-electron chi connectivity index (χ0n) is 15.1. The molecule has 1 aliphatic heterocycles. The van der Waals surface area contributed by atoms with Gasteiger partial charge in [-0.05, 0) is 54.8 Å². The molecule has 1 aromatic carbocycles. The maximum absolute atomic E-state index is 12.9. The molecule has 1 unspecified atom stereocenters. The van der Waals surface area contributed by atoms with Crippen LogP contribution in [0.2, 0.25) is 0 Å². The average Bonchev–Trinajstić information content (AvgIpc) is 2.64. The van der Waals surface area contributed by atoms with Gasteiger partial charge >= 0.3 is 20.1 Å². The summed E-state index contributed by atoms with van der Waals surface area (Å²) in [6.07, 6.45) is 4.80. The fourth-order valence-electron chi connectivity index (χ4n) is 2.66. The van der Waals surface area contributed by atoms with Gasteiger partial charge in [0.05, 0.1) is 17.6 Å². The largest absolute Gasteiger partial charge is 3.00 e. The Kier molecular flexibility index (Phi) is 8.22. The number of carboxylic acid groups (broad SMARTS) is 2. The number of allylic oxidation sites excluding steroid dienone is 2. The number of halogens is 1. The number of benzene rings is 1. The zero-order valence-corrected chi connectivity index (χ0v) is 17.5. The van der Waals surface area contributed by atoms with Gasteiger partial charge in [0.2, 0.25) is 0 Å². The zero-order chi connectivity index (χ0) is 20.0. The van der Waals surface area contributed by atoms with Crippen LogP contribution < -0.4 is 15.5 Å². The minimum Gasteiger partial charge on any atom is -0.547 e. The van der Waals surface area contributed by atoms with Crippen LogP contribution in [0, 0.1) is 5.82 Å². The smallest absolute Gasteiger partial charge is 0.547 e. The number of dihydropyridines is 1. The molecule has 3 rings (SSSR count). The molecule has 0 amide bonds. The van der Waals surface area contributed by atoms with Gasteiger partial charge in [0, 0.05) is 12.4 Å². The van der Waals surface area contributed by atoms with Crippen LogP contribution in [0.4, 0.5) is 4.39 Å².